The minimum atomic E-state index is -0.563. The number of carbonyl (C=O) groups excluding carboxylic acids is 2. The zero-order chi connectivity index (χ0) is 25.0. The molecule has 1 saturated heterocycles. The quantitative estimate of drug-likeness (QED) is 0.445. The van der Waals surface area contributed by atoms with E-state index in [4.69, 9.17) is 14.2 Å². The van der Waals surface area contributed by atoms with E-state index in [1.807, 2.05) is 65.6 Å². The van der Waals surface area contributed by atoms with Crippen LogP contribution in [0, 0.1) is 0 Å². The van der Waals surface area contributed by atoms with Crippen molar-refractivity contribution in [3.63, 3.8) is 0 Å². The number of piperidine rings is 1. The minimum Gasteiger partial charge on any atom is -0.497 e. The van der Waals surface area contributed by atoms with Crippen molar-refractivity contribution in [2.24, 2.45) is 0 Å². The molecule has 2 aliphatic heterocycles. The van der Waals surface area contributed by atoms with Gasteiger partial charge in [-0.1, -0.05) is 42.5 Å². The van der Waals surface area contributed by atoms with Crippen LogP contribution in [0.15, 0.2) is 78.9 Å². The van der Waals surface area contributed by atoms with Gasteiger partial charge in [0.15, 0.2) is 5.78 Å². The summed E-state index contributed by atoms with van der Waals surface area (Å²) in [6, 6.07) is 23.0. The van der Waals surface area contributed by atoms with Gasteiger partial charge in [-0.2, -0.15) is 0 Å². The Kier molecular flexibility index (Phi) is 6.76. The Bertz CT molecular complexity index is 1260. The number of hydrogen-bond acceptors (Lipinski definition) is 5. The van der Waals surface area contributed by atoms with Crippen LogP contribution in [-0.4, -0.2) is 42.4 Å². The van der Waals surface area contributed by atoms with Crippen molar-refractivity contribution in [2.75, 3.05) is 20.2 Å². The largest absolute Gasteiger partial charge is 0.497 e. The molecular weight excluding hydrogens is 454 g/mol. The zero-order valence-corrected chi connectivity index (χ0v) is 20.3. The van der Waals surface area contributed by atoms with Gasteiger partial charge in [0.1, 0.15) is 29.5 Å². The van der Waals surface area contributed by atoms with Gasteiger partial charge >= 0.3 is 0 Å². The first-order chi connectivity index (χ1) is 17.5. The van der Waals surface area contributed by atoms with Gasteiger partial charge in [0.25, 0.3) is 0 Å². The van der Waals surface area contributed by atoms with Crippen molar-refractivity contribution in [1.82, 2.24) is 4.90 Å². The van der Waals surface area contributed by atoms with E-state index < -0.39 is 5.60 Å². The SMILES string of the molecule is COc1ccc2c(c1)OC1(CCN(C(=O)/C=C/c3ccc(OCc4ccccc4)cc3)CC1)CC2=O. The second kappa shape index (κ2) is 10.3. The molecule has 2 aliphatic rings. The van der Waals surface area contributed by atoms with E-state index in [0.29, 0.717) is 56.0 Å². The number of ketones is 1. The molecule has 0 atom stereocenters. The van der Waals surface area contributed by atoms with Gasteiger partial charge < -0.3 is 19.1 Å². The number of fused-ring (bicyclic) bond motifs is 1. The average molecular weight is 484 g/mol. The molecule has 184 valence electrons. The van der Waals surface area contributed by atoms with Crippen LogP contribution < -0.4 is 14.2 Å². The first kappa shape index (κ1) is 23.7. The molecule has 0 bridgehead atoms. The summed E-state index contributed by atoms with van der Waals surface area (Å²) in [5.74, 6) is 2.05. The summed E-state index contributed by atoms with van der Waals surface area (Å²) in [5.41, 5.74) is 2.07. The molecule has 0 unspecified atom stereocenters. The van der Waals surface area contributed by atoms with Crippen LogP contribution in [0.3, 0.4) is 0 Å². The predicted octanol–water partition coefficient (Wildman–Crippen LogP) is 5.31. The standard InChI is InChI=1S/C30H29NO5/c1-34-25-12-13-26-27(32)20-30(36-28(26)19-25)15-17-31(18-16-30)29(33)14-9-22-7-10-24(11-8-22)35-21-23-5-3-2-4-6-23/h2-14,19H,15-18,20-21H2,1H3/b14-9+. The molecule has 6 heteroatoms. The molecule has 3 aromatic rings. The number of nitrogens with zero attached hydrogens (tertiary/aromatic N) is 1. The topological polar surface area (TPSA) is 65.1 Å². The van der Waals surface area contributed by atoms with E-state index >= 15 is 0 Å². The van der Waals surface area contributed by atoms with Crippen LogP contribution >= 0.6 is 0 Å². The third kappa shape index (κ3) is 5.28. The summed E-state index contributed by atoms with van der Waals surface area (Å²) in [7, 11) is 1.59. The van der Waals surface area contributed by atoms with Gasteiger partial charge in [-0.15, -0.1) is 0 Å². The van der Waals surface area contributed by atoms with E-state index in [1.165, 1.54) is 0 Å². The molecule has 0 N–H and O–H groups in total. The Balaban J connectivity index is 1.15. The summed E-state index contributed by atoms with van der Waals surface area (Å²) >= 11 is 0. The van der Waals surface area contributed by atoms with Crippen LogP contribution in [0.2, 0.25) is 0 Å². The maximum absolute atomic E-state index is 12.8. The van der Waals surface area contributed by atoms with Crippen molar-refractivity contribution >= 4 is 17.8 Å². The molecule has 0 radical (unpaired) electrons. The smallest absolute Gasteiger partial charge is 0.246 e. The molecule has 0 aliphatic carbocycles. The lowest BCUT2D eigenvalue weighted by Crippen LogP contribution is -2.52. The maximum atomic E-state index is 12.8. The normalized spacial score (nSPS) is 16.5. The van der Waals surface area contributed by atoms with E-state index in [9.17, 15) is 9.59 Å². The third-order valence-electron chi connectivity index (χ3n) is 6.83. The van der Waals surface area contributed by atoms with Crippen molar-refractivity contribution < 1.29 is 23.8 Å². The van der Waals surface area contributed by atoms with Crippen LogP contribution in [0.25, 0.3) is 6.08 Å². The highest BCUT2D eigenvalue weighted by atomic mass is 16.5. The van der Waals surface area contributed by atoms with Gasteiger partial charge in [-0.3, -0.25) is 9.59 Å². The molecule has 5 rings (SSSR count). The number of carbonyl (C=O) groups is 2. The molecule has 6 nitrogen and oxygen atoms in total. The second-order valence-electron chi connectivity index (χ2n) is 9.25. The monoisotopic (exact) mass is 483 g/mol. The fourth-order valence-corrected chi connectivity index (χ4v) is 4.70. The van der Waals surface area contributed by atoms with Crippen molar-refractivity contribution in [3.8, 4) is 17.2 Å². The predicted molar refractivity (Wildman–Crippen MR) is 137 cm³/mol. The Morgan fingerprint density at radius 1 is 1.00 bits per heavy atom. The van der Waals surface area contributed by atoms with Gasteiger partial charge in [-0.25, -0.2) is 0 Å². The van der Waals surface area contributed by atoms with Crippen LogP contribution in [0.1, 0.15) is 40.7 Å². The number of hydrogen-bond donors (Lipinski definition) is 0. The molecule has 3 aromatic carbocycles. The second-order valence-corrected chi connectivity index (χ2v) is 9.25. The summed E-state index contributed by atoms with van der Waals surface area (Å²) in [6.45, 7) is 1.60. The summed E-state index contributed by atoms with van der Waals surface area (Å²) in [6.07, 6.45) is 4.98. The zero-order valence-electron chi connectivity index (χ0n) is 20.3. The first-order valence-corrected chi connectivity index (χ1v) is 12.2. The Morgan fingerprint density at radius 2 is 1.72 bits per heavy atom. The Morgan fingerprint density at radius 3 is 2.44 bits per heavy atom. The summed E-state index contributed by atoms with van der Waals surface area (Å²) in [4.78, 5) is 27.4. The number of amides is 1. The van der Waals surface area contributed by atoms with E-state index in [2.05, 4.69) is 0 Å². The molecule has 2 heterocycles. The third-order valence-corrected chi connectivity index (χ3v) is 6.83. The Hall–Kier alpha value is -4.06. The fourth-order valence-electron chi connectivity index (χ4n) is 4.70. The van der Waals surface area contributed by atoms with Crippen molar-refractivity contribution in [3.05, 3.63) is 95.6 Å². The lowest BCUT2D eigenvalue weighted by Gasteiger charge is -2.43. The maximum Gasteiger partial charge on any atom is 0.246 e. The van der Waals surface area contributed by atoms with Crippen molar-refractivity contribution in [2.45, 2.75) is 31.5 Å². The molecule has 36 heavy (non-hydrogen) atoms. The number of methoxy groups -OCH3 is 1. The number of rotatable bonds is 6. The van der Waals surface area contributed by atoms with Crippen LogP contribution in [-0.2, 0) is 11.4 Å². The van der Waals surface area contributed by atoms with Gasteiger partial charge in [0, 0.05) is 38.1 Å². The highest BCUT2D eigenvalue weighted by Crippen LogP contribution is 2.40. The Labute approximate surface area is 211 Å². The number of ether oxygens (including phenoxy) is 3. The first-order valence-electron chi connectivity index (χ1n) is 12.2. The lowest BCUT2D eigenvalue weighted by molar-refractivity contribution is -0.129. The van der Waals surface area contributed by atoms with E-state index in [-0.39, 0.29) is 11.7 Å². The molecule has 0 saturated carbocycles. The summed E-state index contributed by atoms with van der Waals surface area (Å²) in [5, 5.41) is 0. The summed E-state index contributed by atoms with van der Waals surface area (Å²) < 4.78 is 17.4. The molecule has 1 spiro atoms. The van der Waals surface area contributed by atoms with Gasteiger partial charge in [0.05, 0.1) is 19.1 Å². The van der Waals surface area contributed by atoms with E-state index in [1.54, 1.807) is 31.4 Å². The fraction of sp³-hybridized carbons (Fsp3) is 0.267. The van der Waals surface area contributed by atoms with Crippen LogP contribution in [0.4, 0.5) is 0 Å². The lowest BCUT2D eigenvalue weighted by atomic mass is 9.82. The number of benzene rings is 3. The minimum absolute atomic E-state index is 0.0431. The molecule has 1 fully saturated rings. The van der Waals surface area contributed by atoms with E-state index in [0.717, 1.165) is 16.9 Å². The number of likely N-dealkylation sites (tertiary alicyclic amines) is 1. The molecule has 1 amide bonds. The average Bonchev–Trinajstić information content (AvgIpc) is 2.91. The highest BCUT2D eigenvalue weighted by molar-refractivity contribution is 6.00. The van der Waals surface area contributed by atoms with Gasteiger partial charge in [-0.05, 0) is 41.5 Å². The highest BCUT2D eigenvalue weighted by Gasteiger charge is 2.43. The van der Waals surface area contributed by atoms with Crippen molar-refractivity contribution in [1.29, 1.82) is 0 Å². The molecular formula is C30H29NO5. The van der Waals surface area contributed by atoms with Gasteiger partial charge in [0.2, 0.25) is 5.91 Å². The van der Waals surface area contributed by atoms with Crippen LogP contribution in [0.5, 0.6) is 17.2 Å². The molecule has 0 aromatic heterocycles. The number of Topliss-reactive ketones (excluding diaryl/α,β-unsaturated/α-hetero) is 1.